The molecule has 42 heavy (non-hydrogen) atoms. The molecule has 0 aliphatic carbocycles. The lowest BCUT2D eigenvalue weighted by atomic mass is 10.2. The molecule has 1 aliphatic rings. The van der Waals surface area contributed by atoms with E-state index in [4.69, 9.17) is 48.1 Å². The fourth-order valence-corrected chi connectivity index (χ4v) is 11.9. The van der Waals surface area contributed by atoms with Gasteiger partial charge in [0.15, 0.2) is 0 Å². The van der Waals surface area contributed by atoms with E-state index in [1.165, 1.54) is 0 Å². The molecule has 1 saturated heterocycles. The largest absolute Gasteiger partial charge is 0.405 e. The van der Waals surface area contributed by atoms with E-state index in [1.54, 1.807) is 12.1 Å². The molecule has 224 valence electrons. The summed E-state index contributed by atoms with van der Waals surface area (Å²) in [5, 5.41) is 4.05. The van der Waals surface area contributed by atoms with Crippen molar-refractivity contribution < 1.29 is 21.8 Å². The van der Waals surface area contributed by atoms with Crippen LogP contribution in [-0.4, -0.2) is 46.4 Å². The molecule has 4 aromatic rings. The van der Waals surface area contributed by atoms with Crippen LogP contribution in [0.3, 0.4) is 0 Å². The molecule has 3 aromatic carbocycles. The average Bonchev–Trinajstić information content (AvgIpc) is 3.41. The molecule has 6 nitrogen and oxygen atoms in total. The van der Waals surface area contributed by atoms with Crippen molar-refractivity contribution in [2.75, 3.05) is 12.9 Å². The summed E-state index contributed by atoms with van der Waals surface area (Å²) in [4.78, 5) is 0. The van der Waals surface area contributed by atoms with Crippen molar-refractivity contribution in [3.8, 4) is 0 Å². The van der Waals surface area contributed by atoms with Crippen LogP contribution in [0.25, 0.3) is 10.9 Å². The van der Waals surface area contributed by atoms with Crippen molar-refractivity contribution in [1.82, 2.24) is 4.57 Å². The van der Waals surface area contributed by atoms with Gasteiger partial charge in [-0.2, -0.15) is 8.42 Å². The molecule has 1 fully saturated rings. The molecule has 3 atom stereocenters. The maximum absolute atomic E-state index is 12.4. The monoisotopic (exact) mass is 665 g/mol. The van der Waals surface area contributed by atoms with Gasteiger partial charge in [-0.15, -0.1) is 0 Å². The molecular weight excluding hydrogens is 633 g/mol. The van der Waals surface area contributed by atoms with Crippen LogP contribution >= 0.6 is 34.8 Å². The van der Waals surface area contributed by atoms with E-state index < -0.39 is 36.9 Å². The van der Waals surface area contributed by atoms with E-state index in [0.717, 1.165) is 33.1 Å². The van der Waals surface area contributed by atoms with Gasteiger partial charge in [-0.3, -0.25) is 4.18 Å². The van der Waals surface area contributed by atoms with Gasteiger partial charge in [0.2, 0.25) is 0 Å². The van der Waals surface area contributed by atoms with E-state index in [1.807, 2.05) is 47.9 Å². The van der Waals surface area contributed by atoms with Crippen molar-refractivity contribution in [3.05, 3.63) is 93.6 Å². The maximum atomic E-state index is 12.4. The molecule has 0 bridgehead atoms. The van der Waals surface area contributed by atoms with Gasteiger partial charge < -0.3 is 13.7 Å². The Hall–Kier alpha value is -1.88. The first-order valence-electron chi connectivity index (χ1n) is 13.7. The third kappa shape index (κ3) is 5.93. The second kappa shape index (κ2) is 11.9. The normalized spacial score (nSPS) is 20.0. The molecule has 0 saturated carbocycles. The van der Waals surface area contributed by atoms with Gasteiger partial charge in [-0.1, -0.05) is 116 Å². The predicted octanol–water partition coefficient (Wildman–Crippen LogP) is 7.12. The van der Waals surface area contributed by atoms with Gasteiger partial charge in [0, 0.05) is 11.8 Å². The fourth-order valence-electron chi connectivity index (χ4n) is 6.02. The van der Waals surface area contributed by atoms with Gasteiger partial charge in [0.25, 0.3) is 18.4 Å². The summed E-state index contributed by atoms with van der Waals surface area (Å²) in [6, 6.07) is 24.0. The van der Waals surface area contributed by atoms with E-state index in [2.05, 4.69) is 45.0 Å². The molecule has 2 heterocycles. The molecule has 0 N–H and O–H groups in total. The first-order valence-corrected chi connectivity index (χ1v) is 18.5. The maximum Gasteiger partial charge on any atom is 0.264 e. The molecule has 0 amide bonds. The summed E-state index contributed by atoms with van der Waals surface area (Å²) in [5.74, 6) is 0. The van der Waals surface area contributed by atoms with Crippen LogP contribution in [0.4, 0.5) is 0 Å². The van der Waals surface area contributed by atoms with Crippen molar-refractivity contribution in [2.45, 2.75) is 57.6 Å². The first kappa shape index (κ1) is 31.5. The van der Waals surface area contributed by atoms with Crippen molar-refractivity contribution in [1.29, 1.82) is 0 Å². The zero-order valence-corrected chi connectivity index (χ0v) is 28.2. The fraction of sp³-hybridized carbons (Fsp3) is 0.355. The van der Waals surface area contributed by atoms with Gasteiger partial charge in [0.05, 0.1) is 28.4 Å². The second-order valence-electron chi connectivity index (χ2n) is 11.7. The van der Waals surface area contributed by atoms with Gasteiger partial charge in [0.1, 0.15) is 23.6 Å². The van der Waals surface area contributed by atoms with E-state index in [0.29, 0.717) is 15.2 Å². The number of halogens is 3. The summed E-state index contributed by atoms with van der Waals surface area (Å²) in [6.45, 7) is 8.57. The van der Waals surface area contributed by atoms with Crippen LogP contribution in [-0.2, 0) is 23.5 Å². The highest BCUT2D eigenvalue weighted by atomic mass is 35.5. The molecule has 0 radical (unpaired) electrons. The lowest BCUT2D eigenvalue weighted by molar-refractivity contribution is -0.0346. The number of benzene rings is 3. The van der Waals surface area contributed by atoms with Crippen LogP contribution in [0.1, 0.15) is 39.0 Å². The van der Waals surface area contributed by atoms with Gasteiger partial charge in [-0.05, 0) is 40.0 Å². The Balaban J connectivity index is 1.56. The Kier molecular flexibility index (Phi) is 8.93. The number of fused-ring (bicyclic) bond motifs is 1. The number of aryl methyl sites for hydroxylation is 1. The minimum Gasteiger partial charge on any atom is -0.405 e. The highest BCUT2D eigenvalue weighted by molar-refractivity contribution is 7.86. The van der Waals surface area contributed by atoms with E-state index in [-0.39, 0.29) is 18.1 Å². The molecular formula is C31H34Cl3NO5SSi. The number of ether oxygens (including phenoxy) is 1. The SMILES string of the molecule is Cc1c(Cl)n([C@H]2C[C@H](OS(C)(=O)=O)[C@@H](CO[Si](c3ccccc3)(c3ccccc3)C(C)(C)C)O2)c2cc(Cl)c(Cl)cc12. The Bertz CT molecular complexity index is 1650. The third-order valence-electron chi connectivity index (χ3n) is 7.87. The molecule has 11 heteroatoms. The van der Waals surface area contributed by atoms with Gasteiger partial charge in [-0.25, -0.2) is 0 Å². The zero-order chi connectivity index (χ0) is 30.4. The highest BCUT2D eigenvalue weighted by Crippen LogP contribution is 2.43. The quantitative estimate of drug-likeness (QED) is 0.148. The predicted molar refractivity (Wildman–Crippen MR) is 174 cm³/mol. The van der Waals surface area contributed by atoms with E-state index >= 15 is 0 Å². The molecule has 0 spiro atoms. The van der Waals surface area contributed by atoms with Crippen LogP contribution in [0, 0.1) is 6.92 Å². The van der Waals surface area contributed by atoms with E-state index in [9.17, 15) is 8.42 Å². The summed E-state index contributed by atoms with van der Waals surface area (Å²) in [7, 11) is -6.72. The van der Waals surface area contributed by atoms with Crippen LogP contribution in [0.5, 0.6) is 0 Å². The van der Waals surface area contributed by atoms with Crippen molar-refractivity contribution >= 4 is 74.5 Å². The minimum atomic E-state index is -3.80. The highest BCUT2D eigenvalue weighted by Gasteiger charge is 2.51. The van der Waals surface area contributed by atoms with Crippen molar-refractivity contribution in [3.63, 3.8) is 0 Å². The third-order valence-corrected chi connectivity index (χ3v) is 14.7. The summed E-state index contributed by atoms with van der Waals surface area (Å²) >= 11 is 19.5. The summed E-state index contributed by atoms with van der Waals surface area (Å²) in [5.41, 5.74) is 1.56. The Morgan fingerprint density at radius 3 is 2.02 bits per heavy atom. The number of rotatable bonds is 8. The number of aromatic nitrogens is 1. The lowest BCUT2D eigenvalue weighted by Crippen LogP contribution is -2.67. The summed E-state index contributed by atoms with van der Waals surface area (Å²) in [6.07, 6.45) is -0.816. The van der Waals surface area contributed by atoms with Crippen LogP contribution < -0.4 is 10.4 Å². The molecule has 5 rings (SSSR count). The summed E-state index contributed by atoms with van der Waals surface area (Å²) < 4.78 is 45.8. The molecule has 0 unspecified atom stereocenters. The standard InChI is InChI=1S/C31H34Cl3NO5SSi/c1-20-23-16-24(32)25(33)17-26(23)35(30(20)34)29-18-27(40-41(5,36)37)28(39-29)19-38-42(31(2,3)4,21-12-8-6-9-13-21)22-14-10-7-11-15-22/h6-17,27-29H,18-19H2,1-5H3/t27-,28+,29+/m0/s1. The number of hydrogen-bond donors (Lipinski definition) is 0. The Labute approximate surface area is 263 Å². The van der Waals surface area contributed by atoms with Gasteiger partial charge >= 0.3 is 0 Å². The zero-order valence-electron chi connectivity index (χ0n) is 24.1. The topological polar surface area (TPSA) is 66.8 Å². The molecule has 1 aromatic heterocycles. The smallest absolute Gasteiger partial charge is 0.264 e. The van der Waals surface area contributed by atoms with Crippen LogP contribution in [0.2, 0.25) is 20.2 Å². The Morgan fingerprint density at radius 1 is 0.952 bits per heavy atom. The number of nitrogens with zero attached hydrogens (tertiary/aromatic N) is 1. The lowest BCUT2D eigenvalue weighted by Gasteiger charge is -2.43. The van der Waals surface area contributed by atoms with Crippen molar-refractivity contribution in [2.24, 2.45) is 0 Å². The molecule has 1 aliphatic heterocycles. The second-order valence-corrected chi connectivity index (χ2v) is 18.8. The minimum absolute atomic E-state index is 0.117. The average molecular weight is 667 g/mol. The Morgan fingerprint density at radius 2 is 1.50 bits per heavy atom. The first-order chi connectivity index (χ1) is 19.7. The van der Waals surface area contributed by atoms with Crippen LogP contribution in [0.15, 0.2) is 72.8 Å². The number of hydrogen-bond acceptors (Lipinski definition) is 5.